The predicted molar refractivity (Wildman–Crippen MR) is 127 cm³/mol. The van der Waals surface area contributed by atoms with E-state index in [1.807, 2.05) is 38.1 Å². The third-order valence-electron chi connectivity index (χ3n) is 6.01. The molecule has 4 rings (SSSR count). The van der Waals surface area contributed by atoms with Gasteiger partial charge in [-0.05, 0) is 26.0 Å². The molecule has 2 heterocycles. The summed E-state index contributed by atoms with van der Waals surface area (Å²) in [6, 6.07) is 16.0. The number of amides is 1. The zero-order valence-electron chi connectivity index (χ0n) is 19.3. The van der Waals surface area contributed by atoms with Gasteiger partial charge in [0.05, 0.1) is 10.9 Å². The number of piperazine rings is 1. The normalized spacial score (nSPS) is 15.9. The average Bonchev–Trinajstić information content (AvgIpc) is 3.35. The molecule has 0 spiro atoms. The van der Waals surface area contributed by atoms with Crippen LogP contribution < -0.4 is 4.72 Å². The molecule has 9 nitrogen and oxygen atoms in total. The van der Waals surface area contributed by atoms with Gasteiger partial charge in [-0.15, -0.1) is 0 Å². The van der Waals surface area contributed by atoms with Gasteiger partial charge in [0.25, 0.3) is 0 Å². The van der Waals surface area contributed by atoms with Crippen LogP contribution in [0.3, 0.4) is 0 Å². The summed E-state index contributed by atoms with van der Waals surface area (Å²) in [5.41, 5.74) is 2.08. The van der Waals surface area contributed by atoms with E-state index in [1.165, 1.54) is 17.7 Å². The van der Waals surface area contributed by atoms with Crippen molar-refractivity contribution in [2.24, 2.45) is 0 Å². The Labute approximate surface area is 199 Å². The third kappa shape index (κ3) is 5.69. The smallest absolute Gasteiger partial charge is 0.244 e. The topological polar surface area (TPSA) is 109 Å². The first-order valence-corrected chi connectivity index (χ1v) is 12.8. The van der Waals surface area contributed by atoms with E-state index in [4.69, 9.17) is 4.52 Å². The fourth-order valence-electron chi connectivity index (χ4n) is 3.87. The van der Waals surface area contributed by atoms with E-state index in [1.54, 1.807) is 23.1 Å². The van der Waals surface area contributed by atoms with Gasteiger partial charge in [0.15, 0.2) is 0 Å². The highest BCUT2D eigenvalue weighted by atomic mass is 32.2. The lowest BCUT2D eigenvalue weighted by Crippen LogP contribution is -2.49. The van der Waals surface area contributed by atoms with Crippen molar-refractivity contribution in [2.75, 3.05) is 32.7 Å². The highest BCUT2D eigenvalue weighted by Crippen LogP contribution is 2.24. The maximum absolute atomic E-state index is 12.6. The van der Waals surface area contributed by atoms with Crippen molar-refractivity contribution in [3.63, 3.8) is 0 Å². The largest absolute Gasteiger partial charge is 0.340 e. The second-order valence-corrected chi connectivity index (χ2v) is 10.1. The lowest BCUT2D eigenvalue weighted by atomic mass is 10.1. The number of hydrogen-bond donors (Lipinski definition) is 1. The average molecular weight is 484 g/mol. The monoisotopic (exact) mass is 483 g/mol. The Kier molecular flexibility index (Phi) is 7.40. The van der Waals surface area contributed by atoms with E-state index in [9.17, 15) is 13.2 Å². The van der Waals surface area contributed by atoms with Crippen molar-refractivity contribution in [2.45, 2.75) is 31.2 Å². The van der Waals surface area contributed by atoms with Crippen LogP contribution in [0.25, 0.3) is 11.4 Å². The number of nitrogens with zero attached hydrogens (tertiary/aromatic N) is 4. The summed E-state index contributed by atoms with van der Waals surface area (Å²) in [6.45, 7) is 6.58. The van der Waals surface area contributed by atoms with Crippen LogP contribution in [0.2, 0.25) is 0 Å². The maximum Gasteiger partial charge on any atom is 0.244 e. The van der Waals surface area contributed by atoms with Gasteiger partial charge >= 0.3 is 0 Å². The van der Waals surface area contributed by atoms with Crippen molar-refractivity contribution in [3.8, 4) is 11.4 Å². The molecule has 1 fully saturated rings. The number of nitrogens with one attached hydrogen (secondary N) is 1. The Balaban J connectivity index is 1.25. The summed E-state index contributed by atoms with van der Waals surface area (Å²) < 4.78 is 32.6. The van der Waals surface area contributed by atoms with Crippen LogP contribution in [0.1, 0.15) is 30.8 Å². The molecule has 3 aromatic rings. The van der Waals surface area contributed by atoms with Gasteiger partial charge in [0.2, 0.25) is 27.6 Å². The lowest BCUT2D eigenvalue weighted by molar-refractivity contribution is -0.133. The Hall–Kier alpha value is -3.08. The van der Waals surface area contributed by atoms with Gasteiger partial charge < -0.3 is 9.42 Å². The molecular formula is C24H29N5O4S. The molecule has 1 unspecified atom stereocenters. The second kappa shape index (κ2) is 10.5. The van der Waals surface area contributed by atoms with Crippen molar-refractivity contribution in [1.29, 1.82) is 0 Å². The van der Waals surface area contributed by atoms with Gasteiger partial charge in [0, 0.05) is 44.7 Å². The fraction of sp³-hybridized carbons (Fsp3) is 0.375. The number of carbonyl (C=O) groups is 1. The van der Waals surface area contributed by atoms with Crippen LogP contribution in [0.15, 0.2) is 64.0 Å². The quantitative estimate of drug-likeness (QED) is 0.525. The van der Waals surface area contributed by atoms with Crippen molar-refractivity contribution in [1.82, 2.24) is 24.7 Å². The molecule has 1 aromatic heterocycles. The van der Waals surface area contributed by atoms with Crippen LogP contribution in [0, 0.1) is 6.92 Å². The zero-order valence-corrected chi connectivity index (χ0v) is 20.2. The highest BCUT2D eigenvalue weighted by Gasteiger charge is 2.28. The fourth-order valence-corrected chi connectivity index (χ4v) is 4.93. The molecule has 1 saturated heterocycles. The highest BCUT2D eigenvalue weighted by molar-refractivity contribution is 7.89. The molecule has 1 atom stereocenters. The van der Waals surface area contributed by atoms with Crippen LogP contribution in [0.4, 0.5) is 0 Å². The van der Waals surface area contributed by atoms with Gasteiger partial charge in [-0.2, -0.15) is 4.98 Å². The molecule has 0 bridgehead atoms. The van der Waals surface area contributed by atoms with Crippen molar-refractivity contribution in [3.05, 3.63) is 66.1 Å². The summed E-state index contributed by atoms with van der Waals surface area (Å²) in [6.07, 6.45) is 0.116. The van der Waals surface area contributed by atoms with Crippen LogP contribution in [-0.2, 0) is 14.8 Å². The molecule has 0 radical (unpaired) electrons. The lowest BCUT2D eigenvalue weighted by Gasteiger charge is -2.36. The van der Waals surface area contributed by atoms with Gasteiger partial charge in [-0.1, -0.05) is 53.2 Å². The molecule has 1 aliphatic heterocycles. The molecule has 0 aliphatic carbocycles. The molecule has 34 heavy (non-hydrogen) atoms. The standard InChI is InChI=1S/C24H29N5O4S/c1-18-8-10-20(11-9-18)23-26-24(33-27-23)19(2)28-14-16-29(17-15-28)22(30)12-13-25-34(31,32)21-6-4-3-5-7-21/h3-11,19,25H,12-17H2,1-2H3. The van der Waals surface area contributed by atoms with E-state index < -0.39 is 10.0 Å². The minimum atomic E-state index is -3.61. The molecule has 1 aliphatic rings. The number of carbonyl (C=O) groups excluding carboxylic acids is 1. The Morgan fingerprint density at radius 2 is 1.74 bits per heavy atom. The summed E-state index contributed by atoms with van der Waals surface area (Å²) in [5.74, 6) is 1.04. The molecule has 1 amide bonds. The third-order valence-corrected chi connectivity index (χ3v) is 7.48. The first-order valence-electron chi connectivity index (χ1n) is 11.3. The predicted octanol–water partition coefficient (Wildman–Crippen LogP) is 2.62. The van der Waals surface area contributed by atoms with E-state index in [0.717, 1.165) is 5.56 Å². The number of benzene rings is 2. The minimum Gasteiger partial charge on any atom is -0.340 e. The molecule has 2 aromatic carbocycles. The maximum atomic E-state index is 12.6. The van der Waals surface area contributed by atoms with Crippen LogP contribution in [-0.4, -0.2) is 67.0 Å². The minimum absolute atomic E-state index is 0.0659. The Morgan fingerprint density at radius 1 is 1.06 bits per heavy atom. The van der Waals surface area contributed by atoms with Crippen molar-refractivity contribution >= 4 is 15.9 Å². The second-order valence-electron chi connectivity index (χ2n) is 8.38. The summed E-state index contributed by atoms with van der Waals surface area (Å²) >= 11 is 0. The SMILES string of the molecule is Cc1ccc(-c2noc(C(C)N3CCN(C(=O)CCNS(=O)(=O)c4ccccc4)CC3)n2)cc1. The van der Waals surface area contributed by atoms with E-state index in [2.05, 4.69) is 19.8 Å². The molecule has 0 saturated carbocycles. The zero-order chi connectivity index (χ0) is 24.1. The van der Waals surface area contributed by atoms with E-state index in [-0.39, 0.29) is 29.8 Å². The Bertz CT molecular complexity index is 1200. The number of hydrogen-bond acceptors (Lipinski definition) is 7. The van der Waals surface area contributed by atoms with Gasteiger partial charge in [-0.3, -0.25) is 9.69 Å². The van der Waals surface area contributed by atoms with E-state index in [0.29, 0.717) is 37.9 Å². The number of aromatic nitrogens is 2. The van der Waals surface area contributed by atoms with Crippen molar-refractivity contribution < 1.29 is 17.7 Å². The Morgan fingerprint density at radius 3 is 2.41 bits per heavy atom. The molecular weight excluding hydrogens is 454 g/mol. The first kappa shape index (κ1) is 24.1. The first-order chi connectivity index (χ1) is 16.3. The number of rotatable bonds is 8. The molecule has 1 N–H and O–H groups in total. The summed E-state index contributed by atoms with van der Waals surface area (Å²) in [7, 11) is -3.61. The number of aryl methyl sites for hydroxylation is 1. The number of sulfonamides is 1. The van der Waals surface area contributed by atoms with Gasteiger partial charge in [0.1, 0.15) is 0 Å². The van der Waals surface area contributed by atoms with E-state index >= 15 is 0 Å². The summed E-state index contributed by atoms with van der Waals surface area (Å²) in [4.78, 5) is 21.3. The van der Waals surface area contributed by atoms with Crippen LogP contribution in [0.5, 0.6) is 0 Å². The molecule has 180 valence electrons. The summed E-state index contributed by atoms with van der Waals surface area (Å²) in [5, 5.41) is 4.12. The van der Waals surface area contributed by atoms with Crippen LogP contribution >= 0.6 is 0 Å². The molecule has 10 heteroatoms. The van der Waals surface area contributed by atoms with Gasteiger partial charge in [-0.25, -0.2) is 13.1 Å².